The van der Waals surface area contributed by atoms with E-state index in [1.165, 1.54) is 6.92 Å². The lowest BCUT2D eigenvalue weighted by atomic mass is 10.2. The molecule has 0 aliphatic rings. The Morgan fingerprint density at radius 3 is 2.32 bits per heavy atom. The van der Waals surface area contributed by atoms with E-state index in [1.807, 2.05) is 50.2 Å². The molecule has 116 valence electrons. The van der Waals surface area contributed by atoms with Gasteiger partial charge in [0, 0.05) is 37.1 Å². The topological polar surface area (TPSA) is 63.1 Å². The predicted octanol–water partition coefficient (Wildman–Crippen LogP) is 1.96. The number of hydrogen-bond acceptors (Lipinski definition) is 2. The number of benzene rings is 1. The summed E-state index contributed by atoms with van der Waals surface area (Å²) in [7, 11) is 0. The standard InChI is InChI=1S/C17H21N3O2/c1-12-11-16(17(22)19-10-9-18-14(3)21)13(2)20(12)15-7-5-4-6-8-15/h4-8,11H,9-10H2,1-3H3,(H,18,21)(H,19,22). The summed E-state index contributed by atoms with van der Waals surface area (Å²) in [5.74, 6) is -0.225. The Morgan fingerprint density at radius 1 is 1.05 bits per heavy atom. The van der Waals surface area contributed by atoms with E-state index in [0.717, 1.165) is 17.1 Å². The quantitative estimate of drug-likeness (QED) is 0.829. The number of aryl methyl sites for hydroxylation is 1. The molecule has 1 heterocycles. The molecule has 0 aliphatic heterocycles. The van der Waals surface area contributed by atoms with Gasteiger partial charge in [0.1, 0.15) is 0 Å². The summed E-state index contributed by atoms with van der Waals surface area (Å²) in [6.45, 7) is 6.21. The second kappa shape index (κ2) is 6.93. The molecule has 0 spiro atoms. The number of amides is 2. The van der Waals surface area contributed by atoms with Crippen molar-refractivity contribution in [1.29, 1.82) is 0 Å². The van der Waals surface area contributed by atoms with Gasteiger partial charge >= 0.3 is 0 Å². The minimum Gasteiger partial charge on any atom is -0.355 e. The van der Waals surface area contributed by atoms with Crippen molar-refractivity contribution in [2.75, 3.05) is 13.1 Å². The van der Waals surface area contributed by atoms with Gasteiger partial charge < -0.3 is 15.2 Å². The average molecular weight is 299 g/mol. The summed E-state index contributed by atoms with van der Waals surface area (Å²) in [5, 5.41) is 5.47. The largest absolute Gasteiger partial charge is 0.355 e. The minimum absolute atomic E-state index is 0.100. The molecule has 5 nitrogen and oxygen atoms in total. The fourth-order valence-electron chi connectivity index (χ4n) is 2.48. The maximum absolute atomic E-state index is 12.3. The van der Waals surface area contributed by atoms with Gasteiger partial charge in [0.15, 0.2) is 0 Å². The van der Waals surface area contributed by atoms with Crippen molar-refractivity contribution in [3.8, 4) is 5.69 Å². The minimum atomic E-state index is -0.124. The number of carbonyl (C=O) groups is 2. The Kier molecular flexibility index (Phi) is 4.99. The van der Waals surface area contributed by atoms with E-state index in [9.17, 15) is 9.59 Å². The number of carbonyl (C=O) groups excluding carboxylic acids is 2. The molecule has 0 atom stereocenters. The van der Waals surface area contributed by atoms with Crippen molar-refractivity contribution >= 4 is 11.8 Å². The molecule has 0 fully saturated rings. The second-order valence-corrected chi connectivity index (χ2v) is 5.19. The molecule has 1 aromatic heterocycles. The van der Waals surface area contributed by atoms with E-state index >= 15 is 0 Å². The van der Waals surface area contributed by atoms with Gasteiger partial charge in [-0.05, 0) is 32.0 Å². The first-order chi connectivity index (χ1) is 10.5. The van der Waals surface area contributed by atoms with E-state index in [4.69, 9.17) is 0 Å². The molecule has 5 heteroatoms. The zero-order chi connectivity index (χ0) is 16.1. The molecule has 0 radical (unpaired) electrons. The first kappa shape index (κ1) is 15.8. The first-order valence-electron chi connectivity index (χ1n) is 7.27. The molecular formula is C17H21N3O2. The number of nitrogens with zero attached hydrogens (tertiary/aromatic N) is 1. The Balaban J connectivity index is 2.13. The summed E-state index contributed by atoms with van der Waals surface area (Å²) >= 11 is 0. The fourth-order valence-corrected chi connectivity index (χ4v) is 2.48. The molecule has 2 amide bonds. The zero-order valence-corrected chi connectivity index (χ0v) is 13.1. The summed E-state index contributed by atoms with van der Waals surface area (Å²) in [6.07, 6.45) is 0. The average Bonchev–Trinajstić information content (AvgIpc) is 2.79. The molecule has 1 aromatic carbocycles. The molecule has 0 aliphatic carbocycles. The second-order valence-electron chi connectivity index (χ2n) is 5.19. The van der Waals surface area contributed by atoms with E-state index in [1.54, 1.807) is 0 Å². The monoisotopic (exact) mass is 299 g/mol. The van der Waals surface area contributed by atoms with Gasteiger partial charge in [0.05, 0.1) is 5.56 Å². The van der Waals surface area contributed by atoms with Crippen molar-refractivity contribution in [2.24, 2.45) is 0 Å². The third-order valence-corrected chi connectivity index (χ3v) is 3.47. The van der Waals surface area contributed by atoms with Crippen molar-refractivity contribution in [1.82, 2.24) is 15.2 Å². The highest BCUT2D eigenvalue weighted by atomic mass is 16.2. The Bertz CT molecular complexity index is 675. The van der Waals surface area contributed by atoms with Crippen LogP contribution in [0.4, 0.5) is 0 Å². The highest BCUT2D eigenvalue weighted by molar-refractivity contribution is 5.96. The molecule has 2 N–H and O–H groups in total. The Hall–Kier alpha value is -2.56. The molecule has 0 unspecified atom stereocenters. The van der Waals surface area contributed by atoms with Crippen molar-refractivity contribution < 1.29 is 9.59 Å². The van der Waals surface area contributed by atoms with Gasteiger partial charge in [-0.3, -0.25) is 9.59 Å². The van der Waals surface area contributed by atoms with Crippen LogP contribution in [0.25, 0.3) is 5.69 Å². The van der Waals surface area contributed by atoms with E-state index in [2.05, 4.69) is 15.2 Å². The lowest BCUT2D eigenvalue weighted by Gasteiger charge is -2.10. The Morgan fingerprint density at radius 2 is 1.68 bits per heavy atom. The van der Waals surface area contributed by atoms with Crippen LogP contribution in [0.1, 0.15) is 28.7 Å². The van der Waals surface area contributed by atoms with Crippen LogP contribution in [0, 0.1) is 13.8 Å². The van der Waals surface area contributed by atoms with E-state index < -0.39 is 0 Å². The normalized spacial score (nSPS) is 10.3. The number of para-hydroxylation sites is 1. The number of nitrogens with one attached hydrogen (secondary N) is 2. The summed E-state index contributed by atoms with van der Waals surface area (Å²) in [6, 6.07) is 11.8. The van der Waals surface area contributed by atoms with Crippen LogP contribution in [0.15, 0.2) is 36.4 Å². The van der Waals surface area contributed by atoms with Gasteiger partial charge in [0.2, 0.25) is 5.91 Å². The van der Waals surface area contributed by atoms with Crippen LogP contribution in [-0.2, 0) is 4.79 Å². The number of rotatable bonds is 5. The van der Waals surface area contributed by atoms with E-state index in [-0.39, 0.29) is 11.8 Å². The van der Waals surface area contributed by atoms with Crippen molar-refractivity contribution in [3.05, 3.63) is 53.3 Å². The molecule has 2 aromatic rings. The zero-order valence-electron chi connectivity index (χ0n) is 13.1. The van der Waals surface area contributed by atoms with Crippen LogP contribution in [0.5, 0.6) is 0 Å². The highest BCUT2D eigenvalue weighted by Crippen LogP contribution is 2.20. The van der Waals surface area contributed by atoms with Crippen LogP contribution in [-0.4, -0.2) is 29.5 Å². The maximum atomic E-state index is 12.3. The molecule has 22 heavy (non-hydrogen) atoms. The molecule has 0 saturated carbocycles. The molecule has 0 saturated heterocycles. The highest BCUT2D eigenvalue weighted by Gasteiger charge is 2.16. The third-order valence-electron chi connectivity index (χ3n) is 3.47. The van der Waals surface area contributed by atoms with Gasteiger partial charge in [-0.1, -0.05) is 18.2 Å². The van der Waals surface area contributed by atoms with Crippen molar-refractivity contribution in [2.45, 2.75) is 20.8 Å². The van der Waals surface area contributed by atoms with Crippen LogP contribution < -0.4 is 10.6 Å². The molecular weight excluding hydrogens is 278 g/mol. The first-order valence-corrected chi connectivity index (χ1v) is 7.27. The van der Waals surface area contributed by atoms with Gasteiger partial charge in [0.25, 0.3) is 5.91 Å². The van der Waals surface area contributed by atoms with Crippen LogP contribution in [0.2, 0.25) is 0 Å². The van der Waals surface area contributed by atoms with Crippen LogP contribution in [0.3, 0.4) is 0 Å². The number of aromatic nitrogens is 1. The predicted molar refractivity (Wildman–Crippen MR) is 86.3 cm³/mol. The molecule has 2 rings (SSSR count). The molecule has 0 bridgehead atoms. The maximum Gasteiger partial charge on any atom is 0.253 e. The number of hydrogen-bond donors (Lipinski definition) is 2. The summed E-state index contributed by atoms with van der Waals surface area (Å²) in [4.78, 5) is 23.1. The summed E-state index contributed by atoms with van der Waals surface area (Å²) < 4.78 is 2.06. The smallest absolute Gasteiger partial charge is 0.253 e. The van der Waals surface area contributed by atoms with Gasteiger partial charge in [-0.15, -0.1) is 0 Å². The van der Waals surface area contributed by atoms with Crippen molar-refractivity contribution in [3.63, 3.8) is 0 Å². The van der Waals surface area contributed by atoms with E-state index in [0.29, 0.717) is 18.7 Å². The Labute approximate surface area is 130 Å². The summed E-state index contributed by atoms with van der Waals surface area (Å²) in [5.41, 5.74) is 3.61. The lowest BCUT2D eigenvalue weighted by Crippen LogP contribution is -2.33. The third kappa shape index (κ3) is 3.55. The SMILES string of the molecule is CC(=O)NCCNC(=O)c1cc(C)n(-c2ccccc2)c1C. The lowest BCUT2D eigenvalue weighted by molar-refractivity contribution is -0.118. The van der Waals surface area contributed by atoms with Crippen LogP contribution >= 0.6 is 0 Å². The van der Waals surface area contributed by atoms with Gasteiger partial charge in [-0.25, -0.2) is 0 Å². The van der Waals surface area contributed by atoms with Gasteiger partial charge in [-0.2, -0.15) is 0 Å². The fraction of sp³-hybridized carbons (Fsp3) is 0.294.